The standard InChI is InChI=1S/C20H23Cl2NO3/c1-5-13-14(21)10-19(17(24)16(13)22)20(6-2,18(25)23-19)26-15-8-7-11(3)9-12(15)4/h7-9,24H,5-6,10H2,1-4H3,(H,23,25). The number of β-lactam (4-membered cyclic amide) rings is 1. The molecule has 1 spiro atoms. The minimum atomic E-state index is -1.27. The summed E-state index contributed by atoms with van der Waals surface area (Å²) in [5, 5.41) is 14.5. The van der Waals surface area contributed by atoms with E-state index >= 15 is 0 Å². The zero-order chi connectivity index (χ0) is 19.3. The molecule has 1 aromatic rings. The number of nitrogens with one attached hydrogen (secondary N) is 1. The Morgan fingerprint density at radius 2 is 1.96 bits per heavy atom. The number of aliphatic hydroxyl groups excluding tert-OH is 1. The Labute approximate surface area is 163 Å². The van der Waals surface area contributed by atoms with Gasteiger partial charge in [0.25, 0.3) is 5.91 Å². The number of carbonyl (C=O) groups is 1. The number of hydrogen-bond acceptors (Lipinski definition) is 3. The molecule has 2 atom stereocenters. The van der Waals surface area contributed by atoms with Crippen LogP contribution in [0.1, 0.15) is 44.2 Å². The van der Waals surface area contributed by atoms with E-state index in [-0.39, 0.29) is 23.1 Å². The molecule has 2 aliphatic rings. The van der Waals surface area contributed by atoms with Gasteiger partial charge in [0.05, 0.1) is 5.03 Å². The van der Waals surface area contributed by atoms with E-state index in [0.717, 1.165) is 11.1 Å². The number of aryl methyl sites for hydroxylation is 2. The molecule has 1 aromatic carbocycles. The first-order valence-electron chi connectivity index (χ1n) is 8.78. The maximum Gasteiger partial charge on any atom is 0.268 e. The lowest BCUT2D eigenvalue weighted by Crippen LogP contribution is -2.84. The average molecular weight is 396 g/mol. The minimum Gasteiger partial charge on any atom is -0.508 e. The Balaban J connectivity index is 2.09. The monoisotopic (exact) mass is 395 g/mol. The van der Waals surface area contributed by atoms with Crippen LogP contribution in [0.4, 0.5) is 0 Å². The molecular formula is C20H23Cl2NO3. The first kappa shape index (κ1) is 19.1. The van der Waals surface area contributed by atoms with Gasteiger partial charge in [-0.25, -0.2) is 0 Å². The maximum absolute atomic E-state index is 12.7. The Bertz CT molecular complexity index is 845. The fourth-order valence-electron chi connectivity index (χ4n) is 3.95. The number of ether oxygens (including phenoxy) is 1. The quantitative estimate of drug-likeness (QED) is 0.703. The van der Waals surface area contributed by atoms with Gasteiger partial charge >= 0.3 is 0 Å². The van der Waals surface area contributed by atoms with Gasteiger partial charge in [-0.05, 0) is 43.9 Å². The third-order valence-corrected chi connectivity index (χ3v) is 6.24. The number of halogens is 2. The van der Waals surface area contributed by atoms with Gasteiger partial charge in [0.1, 0.15) is 11.5 Å². The van der Waals surface area contributed by atoms with E-state index in [1.807, 2.05) is 45.9 Å². The van der Waals surface area contributed by atoms with Crippen LogP contribution in [0.3, 0.4) is 0 Å². The van der Waals surface area contributed by atoms with Crippen LogP contribution in [0, 0.1) is 13.8 Å². The van der Waals surface area contributed by atoms with Gasteiger partial charge in [-0.2, -0.15) is 0 Å². The molecule has 1 aliphatic heterocycles. The molecule has 2 N–H and O–H groups in total. The summed E-state index contributed by atoms with van der Waals surface area (Å²) < 4.78 is 6.27. The molecule has 0 saturated carbocycles. The van der Waals surface area contributed by atoms with Crippen molar-refractivity contribution >= 4 is 29.1 Å². The Morgan fingerprint density at radius 1 is 1.27 bits per heavy atom. The molecule has 4 nitrogen and oxygen atoms in total. The first-order chi connectivity index (χ1) is 12.2. The van der Waals surface area contributed by atoms with Crippen LogP contribution < -0.4 is 10.1 Å². The van der Waals surface area contributed by atoms with Gasteiger partial charge in [0.2, 0.25) is 5.60 Å². The third kappa shape index (κ3) is 2.46. The van der Waals surface area contributed by atoms with Crippen LogP contribution in [-0.2, 0) is 4.79 Å². The Hall–Kier alpha value is -1.65. The fraction of sp³-hybridized carbons (Fsp3) is 0.450. The van der Waals surface area contributed by atoms with Gasteiger partial charge in [-0.1, -0.05) is 54.7 Å². The van der Waals surface area contributed by atoms with Crippen molar-refractivity contribution in [3.05, 3.63) is 50.7 Å². The van der Waals surface area contributed by atoms with Crippen LogP contribution in [0.5, 0.6) is 5.75 Å². The molecule has 26 heavy (non-hydrogen) atoms. The lowest BCUT2D eigenvalue weighted by atomic mass is 9.64. The summed E-state index contributed by atoms with van der Waals surface area (Å²) in [6.45, 7) is 7.71. The van der Waals surface area contributed by atoms with Crippen LogP contribution in [0.2, 0.25) is 0 Å². The first-order valence-corrected chi connectivity index (χ1v) is 9.54. The number of hydrogen-bond donors (Lipinski definition) is 2. The van der Waals surface area contributed by atoms with Crippen LogP contribution in [-0.4, -0.2) is 22.2 Å². The van der Waals surface area contributed by atoms with E-state index in [1.165, 1.54) is 0 Å². The highest BCUT2D eigenvalue weighted by molar-refractivity contribution is 6.36. The molecule has 1 heterocycles. The van der Waals surface area contributed by atoms with Crippen molar-refractivity contribution < 1.29 is 14.6 Å². The van der Waals surface area contributed by atoms with Crippen molar-refractivity contribution in [2.75, 3.05) is 0 Å². The van der Waals surface area contributed by atoms with E-state index in [2.05, 4.69) is 5.32 Å². The molecule has 0 bridgehead atoms. The summed E-state index contributed by atoms with van der Waals surface area (Å²) in [5.74, 6) is 0.254. The molecule has 0 aromatic heterocycles. The third-order valence-electron chi connectivity index (χ3n) is 5.47. The summed E-state index contributed by atoms with van der Waals surface area (Å²) in [5.41, 5.74) is 0.317. The van der Waals surface area contributed by atoms with Crippen molar-refractivity contribution in [1.82, 2.24) is 5.32 Å². The van der Waals surface area contributed by atoms with E-state index < -0.39 is 11.1 Å². The molecular weight excluding hydrogens is 373 g/mol. The summed E-state index contributed by atoms with van der Waals surface area (Å²) in [4.78, 5) is 12.7. The number of allylic oxidation sites excluding steroid dienone is 2. The van der Waals surface area contributed by atoms with Crippen molar-refractivity contribution in [2.45, 2.75) is 58.1 Å². The average Bonchev–Trinajstić information content (AvgIpc) is 2.59. The van der Waals surface area contributed by atoms with Gasteiger partial charge in [0, 0.05) is 11.5 Å². The van der Waals surface area contributed by atoms with E-state index in [4.69, 9.17) is 27.9 Å². The van der Waals surface area contributed by atoms with E-state index in [0.29, 0.717) is 29.2 Å². The van der Waals surface area contributed by atoms with Crippen molar-refractivity contribution in [3.8, 4) is 5.75 Å². The topological polar surface area (TPSA) is 58.6 Å². The van der Waals surface area contributed by atoms with Crippen molar-refractivity contribution in [1.29, 1.82) is 0 Å². The summed E-state index contributed by atoms with van der Waals surface area (Å²) in [6, 6.07) is 5.77. The Morgan fingerprint density at radius 3 is 2.50 bits per heavy atom. The zero-order valence-corrected chi connectivity index (χ0v) is 16.9. The Kier molecular flexibility index (Phi) is 4.78. The van der Waals surface area contributed by atoms with Crippen LogP contribution in [0.25, 0.3) is 0 Å². The predicted molar refractivity (Wildman–Crippen MR) is 104 cm³/mol. The lowest BCUT2D eigenvalue weighted by molar-refractivity contribution is -0.170. The lowest BCUT2D eigenvalue weighted by Gasteiger charge is -2.57. The number of amides is 1. The molecule has 6 heteroatoms. The predicted octanol–water partition coefficient (Wildman–Crippen LogP) is 5.01. The molecule has 1 fully saturated rings. The van der Waals surface area contributed by atoms with Crippen LogP contribution >= 0.6 is 23.2 Å². The van der Waals surface area contributed by atoms with Gasteiger partial charge in [-0.15, -0.1) is 0 Å². The zero-order valence-electron chi connectivity index (χ0n) is 15.4. The maximum atomic E-state index is 12.7. The van der Waals surface area contributed by atoms with Gasteiger partial charge in [0.15, 0.2) is 5.54 Å². The van der Waals surface area contributed by atoms with Crippen LogP contribution in [0.15, 0.2) is 39.6 Å². The SMILES string of the molecule is CCC1=C(Cl)CC2(NC(=O)C2(CC)Oc2ccc(C)cc2C)C(O)=C1Cl. The summed E-state index contributed by atoms with van der Waals surface area (Å²) >= 11 is 12.9. The normalized spacial score (nSPS) is 28.3. The summed E-state index contributed by atoms with van der Waals surface area (Å²) in [6.07, 6.45) is 1.22. The van der Waals surface area contributed by atoms with Crippen molar-refractivity contribution in [3.63, 3.8) is 0 Å². The molecule has 1 amide bonds. The smallest absolute Gasteiger partial charge is 0.268 e. The minimum absolute atomic E-state index is 0.0772. The number of rotatable bonds is 4. The molecule has 140 valence electrons. The second kappa shape index (κ2) is 6.50. The van der Waals surface area contributed by atoms with Gasteiger partial charge < -0.3 is 15.2 Å². The van der Waals surface area contributed by atoms with Crippen molar-refractivity contribution in [2.24, 2.45) is 0 Å². The number of benzene rings is 1. The second-order valence-corrected chi connectivity index (χ2v) is 7.82. The molecule has 1 saturated heterocycles. The number of aliphatic hydroxyl groups is 1. The number of carbonyl (C=O) groups excluding carboxylic acids is 1. The largest absolute Gasteiger partial charge is 0.508 e. The van der Waals surface area contributed by atoms with Gasteiger partial charge in [-0.3, -0.25) is 4.79 Å². The molecule has 0 radical (unpaired) electrons. The highest BCUT2D eigenvalue weighted by atomic mass is 35.5. The fourth-order valence-corrected chi connectivity index (χ4v) is 4.84. The highest BCUT2D eigenvalue weighted by Gasteiger charge is 2.71. The molecule has 2 unspecified atom stereocenters. The summed E-state index contributed by atoms with van der Waals surface area (Å²) in [7, 11) is 0. The second-order valence-electron chi connectivity index (χ2n) is 6.99. The highest BCUT2D eigenvalue weighted by Crippen LogP contribution is 2.53. The molecule has 3 rings (SSSR count). The molecule has 1 aliphatic carbocycles. The van der Waals surface area contributed by atoms with E-state index in [9.17, 15) is 9.90 Å². The van der Waals surface area contributed by atoms with E-state index in [1.54, 1.807) is 0 Å².